The highest BCUT2D eigenvalue weighted by molar-refractivity contribution is 5.85. The summed E-state index contributed by atoms with van der Waals surface area (Å²) in [6, 6.07) is 5.57. The summed E-state index contributed by atoms with van der Waals surface area (Å²) in [5.74, 6) is 0. The SMILES string of the molecule is C1=C(c2ccncc2)C2CCC(CC1)N2.Cl. The van der Waals surface area contributed by atoms with Crippen molar-refractivity contribution < 1.29 is 0 Å². The Bertz CT molecular complexity index is 375. The monoisotopic (exact) mass is 236 g/mol. The third kappa shape index (κ3) is 2.13. The lowest BCUT2D eigenvalue weighted by atomic mass is 9.95. The maximum atomic E-state index is 4.08. The number of nitrogens with one attached hydrogen (secondary N) is 1. The lowest BCUT2D eigenvalue weighted by molar-refractivity contribution is 0.559. The molecule has 86 valence electrons. The average Bonchev–Trinajstić information content (AvgIpc) is 2.61. The van der Waals surface area contributed by atoms with E-state index in [2.05, 4.69) is 28.5 Å². The van der Waals surface area contributed by atoms with Gasteiger partial charge in [0.05, 0.1) is 0 Å². The van der Waals surface area contributed by atoms with Gasteiger partial charge in [0, 0.05) is 24.5 Å². The van der Waals surface area contributed by atoms with Crippen LogP contribution < -0.4 is 5.32 Å². The number of halogens is 1. The molecular weight excluding hydrogens is 220 g/mol. The van der Waals surface area contributed by atoms with Gasteiger partial charge in [-0.05, 0) is 49.0 Å². The number of nitrogens with zero attached hydrogens (tertiary/aromatic N) is 1. The quantitative estimate of drug-likeness (QED) is 0.811. The molecule has 1 aromatic heterocycles. The molecule has 1 saturated heterocycles. The minimum atomic E-state index is 0. The minimum Gasteiger partial charge on any atom is -0.307 e. The Hall–Kier alpha value is -0.860. The molecule has 0 saturated carbocycles. The van der Waals surface area contributed by atoms with E-state index in [-0.39, 0.29) is 12.4 Å². The Morgan fingerprint density at radius 3 is 2.75 bits per heavy atom. The number of aromatic nitrogens is 1. The number of pyridine rings is 1. The molecular formula is C13H17ClN2. The van der Waals surface area contributed by atoms with Gasteiger partial charge in [0.25, 0.3) is 0 Å². The molecule has 2 atom stereocenters. The zero-order valence-corrected chi connectivity index (χ0v) is 10.0. The highest BCUT2D eigenvalue weighted by Gasteiger charge is 2.28. The van der Waals surface area contributed by atoms with Gasteiger partial charge in [-0.25, -0.2) is 0 Å². The van der Waals surface area contributed by atoms with Crippen LogP contribution in [-0.4, -0.2) is 17.1 Å². The summed E-state index contributed by atoms with van der Waals surface area (Å²) in [6.45, 7) is 0. The van der Waals surface area contributed by atoms with Crippen molar-refractivity contribution in [2.24, 2.45) is 0 Å². The van der Waals surface area contributed by atoms with Gasteiger partial charge in [-0.3, -0.25) is 4.98 Å². The van der Waals surface area contributed by atoms with Crippen LogP contribution >= 0.6 is 12.4 Å². The molecule has 1 aromatic rings. The van der Waals surface area contributed by atoms with Crippen molar-refractivity contribution in [1.29, 1.82) is 0 Å². The van der Waals surface area contributed by atoms with Gasteiger partial charge in [0.2, 0.25) is 0 Å². The van der Waals surface area contributed by atoms with E-state index in [1.54, 1.807) is 0 Å². The first-order valence-electron chi connectivity index (χ1n) is 5.80. The van der Waals surface area contributed by atoms with Crippen molar-refractivity contribution >= 4 is 18.0 Å². The summed E-state index contributed by atoms with van der Waals surface area (Å²) in [5.41, 5.74) is 2.82. The smallest absolute Gasteiger partial charge is 0.0326 e. The molecule has 2 nitrogen and oxygen atoms in total. The fraction of sp³-hybridized carbons (Fsp3) is 0.462. The van der Waals surface area contributed by atoms with Gasteiger partial charge in [0.1, 0.15) is 0 Å². The van der Waals surface area contributed by atoms with Crippen molar-refractivity contribution in [2.75, 3.05) is 0 Å². The van der Waals surface area contributed by atoms with Gasteiger partial charge < -0.3 is 5.32 Å². The number of allylic oxidation sites excluding steroid dienone is 1. The second kappa shape index (κ2) is 4.98. The van der Waals surface area contributed by atoms with Crippen LogP contribution in [0.25, 0.3) is 5.57 Å². The van der Waals surface area contributed by atoms with Crippen LogP contribution in [0.1, 0.15) is 31.2 Å². The topological polar surface area (TPSA) is 24.9 Å². The largest absolute Gasteiger partial charge is 0.307 e. The molecule has 0 aliphatic carbocycles. The highest BCUT2D eigenvalue weighted by Crippen LogP contribution is 2.31. The molecule has 0 aromatic carbocycles. The summed E-state index contributed by atoms with van der Waals surface area (Å²) >= 11 is 0. The first kappa shape index (κ1) is 11.6. The van der Waals surface area contributed by atoms with Crippen LogP contribution in [0.3, 0.4) is 0 Å². The van der Waals surface area contributed by atoms with E-state index in [4.69, 9.17) is 0 Å². The van der Waals surface area contributed by atoms with Crippen LogP contribution in [0.4, 0.5) is 0 Å². The maximum Gasteiger partial charge on any atom is 0.0326 e. The summed E-state index contributed by atoms with van der Waals surface area (Å²) in [6.07, 6.45) is 11.3. The van der Waals surface area contributed by atoms with Crippen molar-refractivity contribution in [1.82, 2.24) is 10.3 Å². The molecule has 0 amide bonds. The van der Waals surface area contributed by atoms with Crippen molar-refractivity contribution in [3.05, 3.63) is 36.2 Å². The van der Waals surface area contributed by atoms with Crippen molar-refractivity contribution in [3.8, 4) is 0 Å². The summed E-state index contributed by atoms with van der Waals surface area (Å²) in [7, 11) is 0. The zero-order chi connectivity index (χ0) is 10.1. The van der Waals surface area contributed by atoms with E-state index in [0.717, 1.165) is 6.04 Å². The fourth-order valence-corrected chi connectivity index (χ4v) is 2.74. The fourth-order valence-electron chi connectivity index (χ4n) is 2.74. The van der Waals surface area contributed by atoms with E-state index in [0.29, 0.717) is 6.04 Å². The molecule has 3 heteroatoms. The molecule has 2 unspecified atom stereocenters. The molecule has 16 heavy (non-hydrogen) atoms. The average molecular weight is 237 g/mol. The Kier molecular flexibility index (Phi) is 3.62. The normalized spacial score (nSPS) is 27.9. The molecule has 2 aliphatic heterocycles. The van der Waals surface area contributed by atoms with E-state index in [1.165, 1.54) is 36.8 Å². The third-order valence-electron chi connectivity index (χ3n) is 3.51. The van der Waals surface area contributed by atoms with Crippen LogP contribution in [0.15, 0.2) is 30.6 Å². The molecule has 1 fully saturated rings. The lowest BCUT2D eigenvalue weighted by Gasteiger charge is -2.14. The van der Waals surface area contributed by atoms with E-state index >= 15 is 0 Å². The summed E-state index contributed by atoms with van der Waals surface area (Å²) in [5, 5.41) is 3.71. The minimum absolute atomic E-state index is 0. The summed E-state index contributed by atoms with van der Waals surface area (Å²) < 4.78 is 0. The van der Waals surface area contributed by atoms with Crippen LogP contribution in [-0.2, 0) is 0 Å². The van der Waals surface area contributed by atoms with E-state index in [1.807, 2.05) is 12.4 Å². The van der Waals surface area contributed by atoms with E-state index in [9.17, 15) is 0 Å². The first-order valence-corrected chi connectivity index (χ1v) is 5.80. The van der Waals surface area contributed by atoms with Gasteiger partial charge >= 0.3 is 0 Å². The van der Waals surface area contributed by atoms with Crippen LogP contribution in [0.2, 0.25) is 0 Å². The second-order valence-electron chi connectivity index (χ2n) is 4.47. The van der Waals surface area contributed by atoms with Gasteiger partial charge in [-0.2, -0.15) is 0 Å². The van der Waals surface area contributed by atoms with Crippen LogP contribution in [0, 0.1) is 0 Å². The summed E-state index contributed by atoms with van der Waals surface area (Å²) in [4.78, 5) is 4.08. The Morgan fingerprint density at radius 2 is 1.94 bits per heavy atom. The molecule has 0 radical (unpaired) electrons. The molecule has 1 N–H and O–H groups in total. The maximum absolute atomic E-state index is 4.08. The first-order chi connectivity index (χ1) is 7.43. The number of hydrogen-bond acceptors (Lipinski definition) is 2. The van der Waals surface area contributed by atoms with Crippen LogP contribution in [0.5, 0.6) is 0 Å². The predicted molar refractivity (Wildman–Crippen MR) is 68.6 cm³/mol. The molecule has 2 aliphatic rings. The van der Waals surface area contributed by atoms with Crippen molar-refractivity contribution in [2.45, 2.75) is 37.8 Å². The number of hydrogen-bond donors (Lipinski definition) is 1. The molecule has 0 spiro atoms. The van der Waals surface area contributed by atoms with E-state index < -0.39 is 0 Å². The predicted octanol–water partition coefficient (Wildman–Crippen LogP) is 2.80. The third-order valence-corrected chi connectivity index (χ3v) is 3.51. The molecule has 3 rings (SSSR count). The number of rotatable bonds is 1. The Labute approximate surface area is 103 Å². The van der Waals surface area contributed by atoms with Gasteiger partial charge in [-0.15, -0.1) is 12.4 Å². The van der Waals surface area contributed by atoms with Crippen molar-refractivity contribution in [3.63, 3.8) is 0 Å². The lowest BCUT2D eigenvalue weighted by Crippen LogP contribution is -2.28. The highest BCUT2D eigenvalue weighted by atomic mass is 35.5. The van der Waals surface area contributed by atoms with Gasteiger partial charge in [0.15, 0.2) is 0 Å². The number of fused-ring (bicyclic) bond motifs is 2. The zero-order valence-electron chi connectivity index (χ0n) is 9.23. The Balaban J connectivity index is 0.000000963. The second-order valence-corrected chi connectivity index (χ2v) is 4.47. The Morgan fingerprint density at radius 1 is 1.12 bits per heavy atom. The molecule has 2 bridgehead atoms. The molecule has 3 heterocycles. The standard InChI is InChI=1S/C13H16N2.ClH/c1-2-11-4-5-13(15-11)12(3-1)10-6-8-14-9-7-10;/h3,6-9,11,13,15H,1-2,4-5H2;1H. The van der Waals surface area contributed by atoms with Gasteiger partial charge in [-0.1, -0.05) is 6.08 Å².